The molecular formula is C17H19N5O2S. The lowest BCUT2D eigenvalue weighted by molar-refractivity contribution is 0.313. The molecule has 0 bridgehead atoms. The summed E-state index contributed by atoms with van der Waals surface area (Å²) in [5.41, 5.74) is 7.22. The zero-order valence-electron chi connectivity index (χ0n) is 13.6. The summed E-state index contributed by atoms with van der Waals surface area (Å²) in [7, 11) is -3.48. The highest BCUT2D eigenvalue weighted by Gasteiger charge is 2.31. The number of aromatic amines is 1. The molecule has 1 atom stereocenters. The number of H-pyrrole nitrogens is 1. The topological polar surface area (TPSA) is 105 Å². The third-order valence-electron chi connectivity index (χ3n) is 4.65. The van der Waals surface area contributed by atoms with E-state index >= 15 is 0 Å². The Labute approximate surface area is 145 Å². The molecule has 0 aliphatic carbocycles. The first-order valence-corrected chi connectivity index (χ1v) is 9.65. The van der Waals surface area contributed by atoms with Crippen molar-refractivity contribution in [3.8, 4) is 0 Å². The Balaban J connectivity index is 1.62. The summed E-state index contributed by atoms with van der Waals surface area (Å²) in [6.07, 6.45) is 1.71. The van der Waals surface area contributed by atoms with E-state index in [1.807, 2.05) is 18.2 Å². The van der Waals surface area contributed by atoms with Crippen molar-refractivity contribution < 1.29 is 8.42 Å². The smallest absolute Gasteiger partial charge is 0.243 e. The molecule has 0 radical (unpaired) electrons. The van der Waals surface area contributed by atoms with Crippen LogP contribution in [0.1, 0.15) is 24.5 Å². The second kappa shape index (κ2) is 6.12. The summed E-state index contributed by atoms with van der Waals surface area (Å²) in [6.45, 7) is 0.959. The zero-order valence-corrected chi connectivity index (χ0v) is 14.4. The van der Waals surface area contributed by atoms with Crippen LogP contribution in [0.5, 0.6) is 0 Å². The number of piperidine rings is 1. The molecule has 3 heterocycles. The number of aromatic nitrogens is 3. The number of hydrogen-bond acceptors (Lipinski definition) is 5. The second-order valence-corrected chi connectivity index (χ2v) is 8.20. The van der Waals surface area contributed by atoms with Gasteiger partial charge in [-0.3, -0.25) is 5.10 Å². The Morgan fingerprint density at radius 1 is 1.16 bits per heavy atom. The van der Waals surface area contributed by atoms with Crippen molar-refractivity contribution >= 4 is 26.9 Å². The van der Waals surface area contributed by atoms with E-state index < -0.39 is 10.0 Å². The third kappa shape index (κ3) is 2.87. The van der Waals surface area contributed by atoms with Crippen molar-refractivity contribution in [1.29, 1.82) is 0 Å². The van der Waals surface area contributed by atoms with Gasteiger partial charge in [-0.2, -0.15) is 9.40 Å². The van der Waals surface area contributed by atoms with E-state index in [4.69, 9.17) is 5.73 Å². The molecule has 0 spiro atoms. The van der Waals surface area contributed by atoms with Gasteiger partial charge >= 0.3 is 0 Å². The summed E-state index contributed by atoms with van der Waals surface area (Å²) in [4.78, 5) is 4.90. The van der Waals surface area contributed by atoms with Crippen molar-refractivity contribution in [2.24, 2.45) is 0 Å². The summed E-state index contributed by atoms with van der Waals surface area (Å²) >= 11 is 0. The molecule has 0 saturated carbocycles. The van der Waals surface area contributed by atoms with E-state index in [0.29, 0.717) is 29.5 Å². The van der Waals surface area contributed by atoms with Gasteiger partial charge in [-0.1, -0.05) is 18.2 Å². The van der Waals surface area contributed by atoms with Crippen molar-refractivity contribution in [2.75, 3.05) is 18.8 Å². The van der Waals surface area contributed by atoms with Gasteiger partial charge in [0.1, 0.15) is 5.82 Å². The number of fused-ring (bicyclic) bond motifs is 1. The molecule has 4 rings (SSSR count). The van der Waals surface area contributed by atoms with Crippen LogP contribution >= 0.6 is 0 Å². The molecular weight excluding hydrogens is 338 g/mol. The predicted molar refractivity (Wildman–Crippen MR) is 95.5 cm³/mol. The summed E-state index contributed by atoms with van der Waals surface area (Å²) in [5.74, 6) is 0.542. The number of hydrogen-bond donors (Lipinski definition) is 2. The molecule has 1 aliphatic heterocycles. The van der Waals surface area contributed by atoms with Crippen LogP contribution in [0, 0.1) is 0 Å². The Hall–Kier alpha value is -2.45. The van der Waals surface area contributed by atoms with Crippen LogP contribution in [0.3, 0.4) is 0 Å². The lowest BCUT2D eigenvalue weighted by Crippen LogP contribution is -2.39. The van der Waals surface area contributed by atoms with Gasteiger partial charge in [-0.05, 0) is 37.1 Å². The molecule has 0 amide bonds. The Morgan fingerprint density at radius 2 is 1.96 bits per heavy atom. The molecule has 130 valence electrons. The standard InChI is InChI=1S/C17H19N5O2S/c18-16-14-8-9-15(19-17(14)21-20-16)12-5-4-10-22(11-12)25(23,24)13-6-2-1-3-7-13/h1-3,6-9,12H,4-5,10-11H2,(H3,18,19,20,21)/t12-/m1/s1. The summed E-state index contributed by atoms with van der Waals surface area (Å²) in [6, 6.07) is 12.4. The highest BCUT2D eigenvalue weighted by atomic mass is 32.2. The number of benzene rings is 1. The highest BCUT2D eigenvalue weighted by Crippen LogP contribution is 2.30. The maximum atomic E-state index is 12.9. The maximum absolute atomic E-state index is 12.9. The van der Waals surface area contributed by atoms with Crippen LogP contribution < -0.4 is 5.73 Å². The average molecular weight is 357 g/mol. The minimum Gasteiger partial charge on any atom is -0.384 e. The second-order valence-electron chi connectivity index (χ2n) is 6.26. The SMILES string of the molecule is Nc1[nH]nc2nc([C@@H]3CCCN(S(=O)(=O)c4ccccc4)C3)ccc12. The minimum absolute atomic E-state index is 0.0505. The number of pyridine rings is 1. The van der Waals surface area contributed by atoms with Gasteiger partial charge in [0, 0.05) is 24.7 Å². The van der Waals surface area contributed by atoms with E-state index in [1.54, 1.807) is 28.6 Å². The van der Waals surface area contributed by atoms with Crippen LogP contribution in [-0.2, 0) is 10.0 Å². The van der Waals surface area contributed by atoms with E-state index in [-0.39, 0.29) is 5.92 Å². The van der Waals surface area contributed by atoms with E-state index in [0.717, 1.165) is 23.9 Å². The van der Waals surface area contributed by atoms with Gasteiger partial charge in [0.2, 0.25) is 10.0 Å². The number of nitrogens with zero attached hydrogens (tertiary/aromatic N) is 3. The Morgan fingerprint density at radius 3 is 2.76 bits per heavy atom. The Bertz CT molecular complexity index is 1000. The van der Waals surface area contributed by atoms with Crippen LogP contribution in [0.25, 0.3) is 11.0 Å². The van der Waals surface area contributed by atoms with Crippen molar-refractivity contribution in [2.45, 2.75) is 23.7 Å². The van der Waals surface area contributed by atoms with Crippen molar-refractivity contribution in [1.82, 2.24) is 19.5 Å². The Kier molecular flexibility index (Phi) is 3.93. The predicted octanol–water partition coefficient (Wildman–Crippen LogP) is 2.11. The highest BCUT2D eigenvalue weighted by molar-refractivity contribution is 7.89. The molecule has 3 aromatic rings. The normalized spacial score (nSPS) is 19.3. The molecule has 1 aromatic carbocycles. The van der Waals surface area contributed by atoms with Crippen molar-refractivity contribution in [3.63, 3.8) is 0 Å². The monoisotopic (exact) mass is 357 g/mol. The molecule has 1 saturated heterocycles. The van der Waals surface area contributed by atoms with Gasteiger partial charge in [0.25, 0.3) is 0 Å². The quantitative estimate of drug-likeness (QED) is 0.747. The molecule has 3 N–H and O–H groups in total. The molecule has 8 heteroatoms. The van der Waals surface area contributed by atoms with Crippen molar-refractivity contribution in [3.05, 3.63) is 48.2 Å². The molecule has 1 aliphatic rings. The van der Waals surface area contributed by atoms with Gasteiger partial charge in [0.15, 0.2) is 5.65 Å². The van der Waals surface area contributed by atoms with Crippen LogP contribution in [0.4, 0.5) is 5.82 Å². The summed E-state index contributed by atoms with van der Waals surface area (Å²) in [5, 5.41) is 7.60. The first-order valence-electron chi connectivity index (χ1n) is 8.21. The van der Waals surface area contributed by atoms with Crippen LogP contribution in [-0.4, -0.2) is 41.0 Å². The average Bonchev–Trinajstić information content (AvgIpc) is 3.03. The molecule has 7 nitrogen and oxygen atoms in total. The van der Waals surface area contributed by atoms with Gasteiger partial charge in [-0.15, -0.1) is 0 Å². The molecule has 0 unspecified atom stereocenters. The molecule has 1 fully saturated rings. The number of nitrogen functional groups attached to an aromatic ring is 1. The van der Waals surface area contributed by atoms with Gasteiger partial charge in [-0.25, -0.2) is 13.4 Å². The number of sulfonamides is 1. The van der Waals surface area contributed by atoms with E-state index in [1.165, 1.54) is 0 Å². The van der Waals surface area contributed by atoms with E-state index in [9.17, 15) is 8.42 Å². The lowest BCUT2D eigenvalue weighted by atomic mass is 9.95. The molecule has 25 heavy (non-hydrogen) atoms. The summed E-state index contributed by atoms with van der Waals surface area (Å²) < 4.78 is 27.3. The fraction of sp³-hybridized carbons (Fsp3) is 0.294. The number of nitrogens with two attached hydrogens (primary N) is 1. The van der Waals surface area contributed by atoms with Crippen LogP contribution in [0.15, 0.2) is 47.4 Å². The van der Waals surface area contributed by atoms with Gasteiger partial charge in [0.05, 0.1) is 10.3 Å². The first-order chi connectivity index (χ1) is 12.1. The maximum Gasteiger partial charge on any atom is 0.243 e. The fourth-order valence-corrected chi connectivity index (χ4v) is 4.85. The lowest BCUT2D eigenvalue weighted by Gasteiger charge is -2.31. The fourth-order valence-electron chi connectivity index (χ4n) is 3.30. The first kappa shape index (κ1) is 16.0. The zero-order chi connectivity index (χ0) is 17.4. The number of nitrogens with one attached hydrogen (secondary N) is 1. The minimum atomic E-state index is -3.48. The van der Waals surface area contributed by atoms with E-state index in [2.05, 4.69) is 15.2 Å². The van der Waals surface area contributed by atoms with Crippen LogP contribution in [0.2, 0.25) is 0 Å². The number of rotatable bonds is 3. The van der Waals surface area contributed by atoms with Gasteiger partial charge < -0.3 is 5.73 Å². The third-order valence-corrected chi connectivity index (χ3v) is 6.53. The largest absolute Gasteiger partial charge is 0.384 e. The number of anilines is 1. The molecule has 2 aromatic heterocycles.